The number of imidazole rings is 2. The number of hydrogen-bond donors (Lipinski definition) is 0. The molecule has 2 rings (SSSR count). The van der Waals surface area contributed by atoms with Crippen LogP contribution in [0, 0.1) is 0 Å². The first kappa shape index (κ1) is 9.96. The number of rotatable bonds is 2. The van der Waals surface area contributed by atoms with Crippen LogP contribution in [0.3, 0.4) is 0 Å². The van der Waals surface area contributed by atoms with Crippen LogP contribution in [0.25, 0.3) is 11.6 Å². The topological polar surface area (TPSA) is 17.6 Å². The van der Waals surface area contributed by atoms with Crippen LogP contribution in [0.4, 0.5) is 0 Å². The zero-order valence-corrected chi connectivity index (χ0v) is 9.81. The standard InChI is InChI=1S/C11H18N4/c1-5-15-9-8-14(4)11(15)10-12(2)6-7-13(10)3/h6-9H,5H2,1-4H3/q+2. The molecule has 0 saturated carbocycles. The van der Waals surface area contributed by atoms with Crippen molar-refractivity contribution in [3.05, 3.63) is 24.8 Å². The Bertz CT molecular complexity index is 459. The molecule has 2 aromatic rings. The summed E-state index contributed by atoms with van der Waals surface area (Å²) in [5.74, 6) is 2.44. The molecule has 2 heterocycles. The van der Waals surface area contributed by atoms with E-state index in [2.05, 4.69) is 71.1 Å². The molecule has 15 heavy (non-hydrogen) atoms. The first-order valence-corrected chi connectivity index (χ1v) is 5.21. The Morgan fingerprint density at radius 1 is 1.07 bits per heavy atom. The summed E-state index contributed by atoms with van der Waals surface area (Å²) in [5, 5.41) is 0. The average Bonchev–Trinajstić information content (AvgIpc) is 2.71. The van der Waals surface area contributed by atoms with Gasteiger partial charge in [0.1, 0.15) is 24.8 Å². The maximum absolute atomic E-state index is 2.25. The van der Waals surface area contributed by atoms with E-state index in [1.165, 1.54) is 11.6 Å². The van der Waals surface area contributed by atoms with Crippen molar-refractivity contribution in [2.45, 2.75) is 13.5 Å². The molecule has 0 aliphatic heterocycles. The van der Waals surface area contributed by atoms with Crippen LogP contribution in [0.2, 0.25) is 0 Å². The highest BCUT2D eigenvalue weighted by Gasteiger charge is 2.27. The lowest BCUT2D eigenvalue weighted by atomic mass is 10.5. The van der Waals surface area contributed by atoms with Crippen molar-refractivity contribution in [2.75, 3.05) is 0 Å². The third kappa shape index (κ3) is 1.46. The molecule has 0 spiro atoms. The zero-order chi connectivity index (χ0) is 11.0. The molecule has 4 heteroatoms. The van der Waals surface area contributed by atoms with Crippen molar-refractivity contribution in [1.29, 1.82) is 0 Å². The van der Waals surface area contributed by atoms with Gasteiger partial charge < -0.3 is 0 Å². The van der Waals surface area contributed by atoms with E-state index in [4.69, 9.17) is 0 Å². The smallest absolute Gasteiger partial charge is 0.226 e. The van der Waals surface area contributed by atoms with Crippen LogP contribution in [-0.4, -0.2) is 9.13 Å². The van der Waals surface area contributed by atoms with Gasteiger partial charge in [0, 0.05) is 0 Å². The van der Waals surface area contributed by atoms with E-state index >= 15 is 0 Å². The zero-order valence-electron chi connectivity index (χ0n) is 9.81. The minimum Gasteiger partial charge on any atom is -0.226 e. The van der Waals surface area contributed by atoms with E-state index < -0.39 is 0 Å². The quantitative estimate of drug-likeness (QED) is 0.623. The molecule has 0 saturated heterocycles. The molecule has 0 amide bonds. The van der Waals surface area contributed by atoms with Crippen molar-refractivity contribution in [3.8, 4) is 11.6 Å². The SMILES string of the molecule is CCn1cc[n+](C)c1-c1n(C)cc[n+]1C. The largest absolute Gasteiger partial charge is 0.373 e. The summed E-state index contributed by atoms with van der Waals surface area (Å²) in [6, 6.07) is 0. The highest BCUT2D eigenvalue weighted by molar-refractivity contribution is 5.35. The summed E-state index contributed by atoms with van der Waals surface area (Å²) < 4.78 is 8.68. The molecular weight excluding hydrogens is 188 g/mol. The van der Waals surface area contributed by atoms with Gasteiger partial charge in [0.05, 0.1) is 27.7 Å². The van der Waals surface area contributed by atoms with Gasteiger partial charge in [-0.2, -0.15) is 0 Å². The van der Waals surface area contributed by atoms with Gasteiger partial charge in [-0.25, -0.2) is 18.3 Å². The summed E-state index contributed by atoms with van der Waals surface area (Å²) >= 11 is 0. The molecule has 4 nitrogen and oxygen atoms in total. The molecular formula is C11H18N4+2. The molecule has 0 bridgehead atoms. The number of aromatic nitrogens is 4. The molecule has 2 aromatic heterocycles. The van der Waals surface area contributed by atoms with E-state index in [-0.39, 0.29) is 0 Å². The van der Waals surface area contributed by atoms with Crippen LogP contribution >= 0.6 is 0 Å². The van der Waals surface area contributed by atoms with Crippen LogP contribution in [0.1, 0.15) is 6.92 Å². The normalized spacial score (nSPS) is 10.9. The molecule has 0 aliphatic carbocycles. The fourth-order valence-corrected chi connectivity index (χ4v) is 1.97. The van der Waals surface area contributed by atoms with Gasteiger partial charge in [-0.15, -0.1) is 0 Å². The number of hydrogen-bond acceptors (Lipinski definition) is 0. The van der Waals surface area contributed by atoms with Crippen molar-refractivity contribution in [1.82, 2.24) is 9.13 Å². The third-order valence-electron chi connectivity index (χ3n) is 2.80. The third-order valence-corrected chi connectivity index (χ3v) is 2.80. The van der Waals surface area contributed by atoms with E-state index in [0.717, 1.165) is 6.54 Å². The summed E-state index contributed by atoms with van der Waals surface area (Å²) in [7, 11) is 6.22. The van der Waals surface area contributed by atoms with Gasteiger partial charge in [-0.1, -0.05) is 0 Å². The lowest BCUT2D eigenvalue weighted by molar-refractivity contribution is -0.690. The highest BCUT2D eigenvalue weighted by Crippen LogP contribution is 2.10. The second-order valence-corrected chi connectivity index (χ2v) is 3.86. The monoisotopic (exact) mass is 206 g/mol. The van der Waals surface area contributed by atoms with Crippen LogP contribution < -0.4 is 9.13 Å². The van der Waals surface area contributed by atoms with E-state index in [0.29, 0.717) is 0 Å². The molecule has 0 aliphatic rings. The van der Waals surface area contributed by atoms with Crippen LogP contribution in [-0.2, 0) is 27.7 Å². The van der Waals surface area contributed by atoms with E-state index in [1.54, 1.807) is 0 Å². The van der Waals surface area contributed by atoms with Crippen LogP contribution in [0.5, 0.6) is 0 Å². The average molecular weight is 206 g/mol. The van der Waals surface area contributed by atoms with Crippen molar-refractivity contribution < 1.29 is 9.13 Å². The Kier molecular flexibility index (Phi) is 2.34. The molecule has 0 N–H and O–H groups in total. The Morgan fingerprint density at radius 3 is 2.20 bits per heavy atom. The maximum atomic E-state index is 2.25. The predicted molar refractivity (Wildman–Crippen MR) is 56.9 cm³/mol. The van der Waals surface area contributed by atoms with Crippen molar-refractivity contribution in [2.24, 2.45) is 21.1 Å². The molecule has 0 aromatic carbocycles. The van der Waals surface area contributed by atoms with Gasteiger partial charge in [0.2, 0.25) is 0 Å². The summed E-state index contributed by atoms with van der Waals surface area (Å²) in [4.78, 5) is 0. The first-order valence-electron chi connectivity index (χ1n) is 5.21. The molecule has 80 valence electrons. The summed E-state index contributed by atoms with van der Waals surface area (Å²) in [6.45, 7) is 3.15. The van der Waals surface area contributed by atoms with Crippen LogP contribution in [0.15, 0.2) is 24.8 Å². The van der Waals surface area contributed by atoms with Gasteiger partial charge >= 0.3 is 11.6 Å². The second-order valence-electron chi connectivity index (χ2n) is 3.86. The lowest BCUT2D eigenvalue weighted by Gasteiger charge is -1.97. The fourth-order valence-electron chi connectivity index (χ4n) is 1.97. The predicted octanol–water partition coefficient (Wildman–Crippen LogP) is 0.162. The lowest BCUT2D eigenvalue weighted by Crippen LogP contribution is -2.37. The first-order chi connectivity index (χ1) is 7.15. The molecule has 0 radical (unpaired) electrons. The summed E-state index contributed by atoms with van der Waals surface area (Å²) in [6.07, 6.45) is 8.35. The maximum Gasteiger partial charge on any atom is 0.373 e. The van der Waals surface area contributed by atoms with E-state index in [1.807, 2.05) is 0 Å². The highest BCUT2D eigenvalue weighted by atomic mass is 15.2. The molecule has 0 atom stereocenters. The Hall–Kier alpha value is -1.58. The van der Waals surface area contributed by atoms with Gasteiger partial charge in [-0.05, 0) is 6.92 Å². The Balaban J connectivity index is 2.67. The fraction of sp³-hybridized carbons (Fsp3) is 0.455. The van der Waals surface area contributed by atoms with Crippen molar-refractivity contribution >= 4 is 0 Å². The molecule has 0 fully saturated rings. The Morgan fingerprint density at radius 2 is 1.67 bits per heavy atom. The van der Waals surface area contributed by atoms with Gasteiger partial charge in [0.15, 0.2) is 0 Å². The minimum atomic E-state index is 0.987. The van der Waals surface area contributed by atoms with Gasteiger partial charge in [0.25, 0.3) is 0 Å². The number of aryl methyl sites for hydroxylation is 4. The Labute approximate surface area is 90.0 Å². The van der Waals surface area contributed by atoms with Gasteiger partial charge in [-0.3, -0.25) is 0 Å². The summed E-state index contributed by atoms with van der Waals surface area (Å²) in [5.41, 5.74) is 0. The van der Waals surface area contributed by atoms with Crippen molar-refractivity contribution in [3.63, 3.8) is 0 Å². The number of nitrogens with zero attached hydrogens (tertiary/aromatic N) is 4. The van der Waals surface area contributed by atoms with E-state index in [9.17, 15) is 0 Å². The minimum absolute atomic E-state index is 0.987. The second kappa shape index (κ2) is 3.53. The molecule has 0 unspecified atom stereocenters.